The van der Waals surface area contributed by atoms with Crippen LogP contribution in [0.25, 0.3) is 0 Å². The molecule has 0 bridgehead atoms. The standard InChI is InChI=1S/C7H12N2O/c1-3-9(7(2)10)6-4-5-8/h3-4,6H2,1-2H3. The Balaban J connectivity index is 3.63. The van der Waals surface area contributed by atoms with Crippen LogP contribution in [0.15, 0.2) is 0 Å². The molecule has 0 aliphatic carbocycles. The van der Waals surface area contributed by atoms with Gasteiger partial charge in [-0.3, -0.25) is 4.79 Å². The first-order valence-corrected chi connectivity index (χ1v) is 3.34. The van der Waals surface area contributed by atoms with Crippen molar-refractivity contribution in [3.05, 3.63) is 0 Å². The van der Waals surface area contributed by atoms with Gasteiger partial charge in [-0.05, 0) is 6.92 Å². The molecule has 0 aromatic carbocycles. The third-order valence-electron chi connectivity index (χ3n) is 1.32. The fourth-order valence-corrected chi connectivity index (χ4v) is 0.723. The van der Waals surface area contributed by atoms with E-state index in [4.69, 9.17) is 5.26 Å². The summed E-state index contributed by atoms with van der Waals surface area (Å²) in [7, 11) is 0. The number of amides is 1. The molecule has 1 amide bonds. The van der Waals surface area contributed by atoms with Crippen LogP contribution in [0.2, 0.25) is 0 Å². The van der Waals surface area contributed by atoms with Crippen LogP contribution in [0.1, 0.15) is 20.3 Å². The molecule has 3 heteroatoms. The minimum absolute atomic E-state index is 0.0396. The lowest BCUT2D eigenvalue weighted by Gasteiger charge is -2.16. The Morgan fingerprint density at radius 1 is 1.70 bits per heavy atom. The molecule has 0 aromatic heterocycles. The fraction of sp³-hybridized carbons (Fsp3) is 0.714. The molecule has 0 aromatic rings. The summed E-state index contributed by atoms with van der Waals surface area (Å²) in [5, 5.41) is 8.20. The zero-order chi connectivity index (χ0) is 7.98. The number of nitriles is 1. The lowest BCUT2D eigenvalue weighted by atomic mass is 10.4. The van der Waals surface area contributed by atoms with Crippen molar-refractivity contribution in [3.8, 4) is 6.07 Å². The monoisotopic (exact) mass is 140 g/mol. The van der Waals surface area contributed by atoms with Crippen molar-refractivity contribution in [3.63, 3.8) is 0 Å². The third kappa shape index (κ3) is 3.08. The fourth-order valence-electron chi connectivity index (χ4n) is 0.723. The van der Waals surface area contributed by atoms with Gasteiger partial charge in [0.25, 0.3) is 0 Å². The largest absolute Gasteiger partial charge is 0.342 e. The Morgan fingerprint density at radius 2 is 2.30 bits per heavy atom. The summed E-state index contributed by atoms with van der Waals surface area (Å²) in [6.07, 6.45) is 0.424. The van der Waals surface area contributed by atoms with Crippen molar-refractivity contribution in [1.29, 1.82) is 5.26 Å². The van der Waals surface area contributed by atoms with Gasteiger partial charge in [0.15, 0.2) is 0 Å². The van der Waals surface area contributed by atoms with Crippen molar-refractivity contribution in [2.45, 2.75) is 20.3 Å². The number of hydrogen-bond acceptors (Lipinski definition) is 2. The summed E-state index contributed by atoms with van der Waals surface area (Å²) in [4.78, 5) is 12.3. The molecule has 0 rings (SSSR count). The molecule has 3 nitrogen and oxygen atoms in total. The first-order valence-electron chi connectivity index (χ1n) is 3.34. The number of rotatable bonds is 3. The second-order valence-corrected chi connectivity index (χ2v) is 2.01. The van der Waals surface area contributed by atoms with Crippen LogP contribution in [-0.2, 0) is 4.79 Å². The first-order chi connectivity index (χ1) is 4.72. The van der Waals surface area contributed by atoms with Gasteiger partial charge in [-0.25, -0.2) is 0 Å². The molecule has 10 heavy (non-hydrogen) atoms. The quantitative estimate of drug-likeness (QED) is 0.581. The van der Waals surface area contributed by atoms with Crippen LogP contribution in [-0.4, -0.2) is 23.9 Å². The Morgan fingerprint density at radius 3 is 2.60 bits per heavy atom. The minimum Gasteiger partial charge on any atom is -0.342 e. The highest BCUT2D eigenvalue weighted by Crippen LogP contribution is 1.90. The van der Waals surface area contributed by atoms with Gasteiger partial charge in [0.1, 0.15) is 0 Å². The predicted molar refractivity (Wildman–Crippen MR) is 38.2 cm³/mol. The molecule has 0 N–H and O–H groups in total. The third-order valence-corrected chi connectivity index (χ3v) is 1.32. The number of nitrogens with zero attached hydrogens (tertiary/aromatic N) is 2. The normalized spacial score (nSPS) is 8.50. The average Bonchev–Trinajstić information content (AvgIpc) is 1.89. The molecule has 0 aliphatic rings. The molecular formula is C7H12N2O. The first kappa shape index (κ1) is 8.96. The van der Waals surface area contributed by atoms with Crippen molar-refractivity contribution < 1.29 is 4.79 Å². The Kier molecular flexibility index (Phi) is 4.30. The van der Waals surface area contributed by atoms with E-state index < -0.39 is 0 Å². The van der Waals surface area contributed by atoms with Crippen LogP contribution in [0.5, 0.6) is 0 Å². The zero-order valence-corrected chi connectivity index (χ0v) is 6.42. The Bertz CT molecular complexity index is 148. The van der Waals surface area contributed by atoms with Crippen LogP contribution < -0.4 is 0 Å². The maximum absolute atomic E-state index is 10.7. The molecule has 0 atom stereocenters. The van der Waals surface area contributed by atoms with E-state index in [-0.39, 0.29) is 5.91 Å². The maximum Gasteiger partial charge on any atom is 0.219 e. The van der Waals surface area contributed by atoms with Crippen LogP contribution in [0.4, 0.5) is 0 Å². The summed E-state index contributed by atoms with van der Waals surface area (Å²) < 4.78 is 0. The van der Waals surface area contributed by atoms with E-state index in [1.165, 1.54) is 6.92 Å². The lowest BCUT2D eigenvalue weighted by Crippen LogP contribution is -2.29. The second kappa shape index (κ2) is 4.80. The molecule has 56 valence electrons. The molecular weight excluding hydrogens is 128 g/mol. The highest BCUT2D eigenvalue weighted by Gasteiger charge is 2.02. The predicted octanol–water partition coefficient (Wildman–Crippen LogP) is 0.768. The van der Waals surface area contributed by atoms with Gasteiger partial charge in [-0.15, -0.1) is 0 Å². The summed E-state index contributed by atoms with van der Waals surface area (Å²) >= 11 is 0. The summed E-state index contributed by atoms with van der Waals surface area (Å²) in [5.41, 5.74) is 0. The molecule has 0 saturated heterocycles. The molecule has 0 radical (unpaired) electrons. The zero-order valence-electron chi connectivity index (χ0n) is 6.42. The molecule has 0 heterocycles. The van der Waals surface area contributed by atoms with Crippen LogP contribution in [0, 0.1) is 11.3 Å². The Hall–Kier alpha value is -1.04. The smallest absolute Gasteiger partial charge is 0.219 e. The lowest BCUT2D eigenvalue weighted by molar-refractivity contribution is -0.128. The van der Waals surface area contributed by atoms with E-state index in [0.717, 1.165) is 0 Å². The maximum atomic E-state index is 10.7. The van der Waals surface area contributed by atoms with Crippen molar-refractivity contribution in [1.82, 2.24) is 4.90 Å². The van der Waals surface area contributed by atoms with Crippen molar-refractivity contribution in [2.24, 2.45) is 0 Å². The van der Waals surface area contributed by atoms with Gasteiger partial charge in [0, 0.05) is 20.0 Å². The van der Waals surface area contributed by atoms with Crippen LogP contribution in [0.3, 0.4) is 0 Å². The van der Waals surface area contributed by atoms with E-state index in [9.17, 15) is 4.79 Å². The second-order valence-electron chi connectivity index (χ2n) is 2.01. The molecule has 0 saturated carbocycles. The molecule has 0 unspecified atom stereocenters. The van der Waals surface area contributed by atoms with Gasteiger partial charge in [0.05, 0.1) is 12.5 Å². The number of carbonyl (C=O) groups excluding carboxylic acids is 1. The highest BCUT2D eigenvalue weighted by molar-refractivity contribution is 5.73. The molecule has 0 aliphatic heterocycles. The van der Waals surface area contributed by atoms with E-state index in [1.807, 2.05) is 13.0 Å². The molecule has 0 spiro atoms. The minimum atomic E-state index is 0.0396. The van der Waals surface area contributed by atoms with E-state index in [1.54, 1.807) is 4.90 Å². The number of hydrogen-bond donors (Lipinski definition) is 0. The summed E-state index contributed by atoms with van der Waals surface area (Å²) in [5.74, 6) is 0.0396. The SMILES string of the molecule is CCN(CCC#N)C(C)=O. The van der Waals surface area contributed by atoms with Gasteiger partial charge >= 0.3 is 0 Å². The van der Waals surface area contributed by atoms with Gasteiger partial charge in [-0.2, -0.15) is 5.26 Å². The molecule has 0 fully saturated rings. The average molecular weight is 140 g/mol. The Labute approximate surface area is 61.2 Å². The van der Waals surface area contributed by atoms with Crippen molar-refractivity contribution >= 4 is 5.91 Å². The highest BCUT2D eigenvalue weighted by atomic mass is 16.2. The van der Waals surface area contributed by atoms with Gasteiger partial charge < -0.3 is 4.90 Å². The number of carbonyl (C=O) groups is 1. The van der Waals surface area contributed by atoms with E-state index in [0.29, 0.717) is 19.5 Å². The van der Waals surface area contributed by atoms with Crippen molar-refractivity contribution in [2.75, 3.05) is 13.1 Å². The summed E-state index contributed by atoms with van der Waals surface area (Å²) in [6, 6.07) is 1.99. The summed E-state index contributed by atoms with van der Waals surface area (Å²) in [6.45, 7) is 4.67. The van der Waals surface area contributed by atoms with Crippen LogP contribution >= 0.6 is 0 Å². The van der Waals surface area contributed by atoms with E-state index in [2.05, 4.69) is 0 Å². The van der Waals surface area contributed by atoms with E-state index >= 15 is 0 Å². The topological polar surface area (TPSA) is 44.1 Å². The van der Waals surface area contributed by atoms with Gasteiger partial charge in [-0.1, -0.05) is 0 Å². The van der Waals surface area contributed by atoms with Gasteiger partial charge in [0.2, 0.25) is 5.91 Å².